The first kappa shape index (κ1) is 22.3. The second-order valence-corrected chi connectivity index (χ2v) is 7.82. The Morgan fingerprint density at radius 2 is 2.00 bits per heavy atom. The summed E-state index contributed by atoms with van der Waals surface area (Å²) in [6, 6.07) is 2.49. The molecule has 1 amide bonds. The number of hydrogen-bond acceptors (Lipinski definition) is 7. The van der Waals surface area contributed by atoms with Crippen LogP contribution < -0.4 is 10.2 Å². The lowest BCUT2D eigenvalue weighted by atomic mass is 10.2. The molecule has 0 aromatic carbocycles. The maximum Gasteiger partial charge on any atom is 0.417 e. The van der Waals surface area contributed by atoms with Gasteiger partial charge < -0.3 is 15.0 Å². The third kappa shape index (κ3) is 5.21. The summed E-state index contributed by atoms with van der Waals surface area (Å²) in [6.07, 6.45) is -3.74. The number of thiophene rings is 1. The number of ether oxygens (including phenoxy) is 1. The van der Waals surface area contributed by atoms with Gasteiger partial charge in [-0.15, -0.1) is 11.3 Å². The second-order valence-electron chi connectivity index (χ2n) is 6.49. The van der Waals surface area contributed by atoms with E-state index in [4.69, 9.17) is 11.6 Å². The molecule has 162 valence electrons. The Balaban J connectivity index is 1.54. The molecule has 2 aromatic heterocycles. The van der Waals surface area contributed by atoms with Crippen molar-refractivity contribution >= 4 is 46.3 Å². The molecule has 1 saturated heterocycles. The topological polar surface area (TPSA) is 74.8 Å². The van der Waals surface area contributed by atoms with Crippen molar-refractivity contribution in [2.24, 2.45) is 0 Å². The zero-order valence-electron chi connectivity index (χ0n) is 15.8. The molecule has 0 bridgehead atoms. The van der Waals surface area contributed by atoms with Gasteiger partial charge in [-0.1, -0.05) is 11.6 Å². The van der Waals surface area contributed by atoms with Crippen molar-refractivity contribution in [2.75, 3.05) is 50.1 Å². The Morgan fingerprint density at radius 1 is 1.30 bits per heavy atom. The minimum absolute atomic E-state index is 0.0659. The monoisotopic (exact) mass is 462 g/mol. The Hall–Kier alpha value is -2.37. The van der Waals surface area contributed by atoms with E-state index in [0.29, 0.717) is 36.7 Å². The highest BCUT2D eigenvalue weighted by Gasteiger charge is 2.32. The third-order valence-corrected chi connectivity index (χ3v) is 5.67. The standard InChI is InChI=1S/C18H18ClF3N4O3S/c1-29-17(28)15-13(2-7-30-15)24-14(27)10-25-3-5-26(6-4-25)16-12(19)8-11(9-23-16)18(20,21)22/h2,7-9H,3-6,10H2,1H3,(H,24,27). The molecule has 1 aliphatic heterocycles. The molecule has 3 heterocycles. The molecular weight excluding hydrogens is 445 g/mol. The summed E-state index contributed by atoms with van der Waals surface area (Å²) in [7, 11) is 1.27. The number of rotatable bonds is 5. The van der Waals surface area contributed by atoms with Gasteiger partial charge in [0.1, 0.15) is 10.7 Å². The highest BCUT2D eigenvalue weighted by molar-refractivity contribution is 7.12. The van der Waals surface area contributed by atoms with Crippen molar-refractivity contribution in [3.63, 3.8) is 0 Å². The largest absolute Gasteiger partial charge is 0.465 e. The Kier molecular flexibility index (Phi) is 6.84. The van der Waals surface area contributed by atoms with Crippen molar-refractivity contribution in [2.45, 2.75) is 6.18 Å². The number of nitrogens with zero attached hydrogens (tertiary/aromatic N) is 3. The van der Waals surface area contributed by atoms with Gasteiger partial charge in [-0.25, -0.2) is 9.78 Å². The molecule has 0 aliphatic carbocycles. The summed E-state index contributed by atoms with van der Waals surface area (Å²) in [4.78, 5) is 31.9. The van der Waals surface area contributed by atoms with Crippen LogP contribution in [0, 0.1) is 0 Å². The van der Waals surface area contributed by atoms with Crippen LogP contribution in [-0.4, -0.2) is 61.6 Å². The van der Waals surface area contributed by atoms with Crippen LogP contribution in [0.5, 0.6) is 0 Å². The number of piperazine rings is 1. The van der Waals surface area contributed by atoms with Crippen molar-refractivity contribution < 1.29 is 27.5 Å². The molecule has 0 radical (unpaired) electrons. The normalized spacial score (nSPS) is 15.2. The molecule has 7 nitrogen and oxygen atoms in total. The van der Waals surface area contributed by atoms with Gasteiger partial charge in [0.15, 0.2) is 0 Å². The van der Waals surface area contributed by atoms with Gasteiger partial charge in [-0.05, 0) is 17.5 Å². The van der Waals surface area contributed by atoms with E-state index in [9.17, 15) is 22.8 Å². The molecule has 1 N–H and O–H groups in total. The lowest BCUT2D eigenvalue weighted by Crippen LogP contribution is -2.49. The number of anilines is 2. The van der Waals surface area contributed by atoms with E-state index < -0.39 is 17.7 Å². The van der Waals surface area contributed by atoms with Crippen molar-refractivity contribution in [3.05, 3.63) is 39.2 Å². The number of hydrogen-bond donors (Lipinski definition) is 1. The summed E-state index contributed by atoms with van der Waals surface area (Å²) >= 11 is 7.18. The summed E-state index contributed by atoms with van der Waals surface area (Å²) in [5, 5.41) is 4.32. The van der Waals surface area contributed by atoms with Crippen LogP contribution in [0.25, 0.3) is 0 Å². The zero-order chi connectivity index (χ0) is 21.9. The smallest absolute Gasteiger partial charge is 0.417 e. The molecule has 3 rings (SSSR count). The molecule has 2 aromatic rings. The van der Waals surface area contributed by atoms with E-state index in [1.54, 1.807) is 16.3 Å². The zero-order valence-corrected chi connectivity index (χ0v) is 17.4. The highest BCUT2D eigenvalue weighted by atomic mass is 35.5. The molecule has 0 atom stereocenters. The number of carbonyl (C=O) groups excluding carboxylic acids is 2. The number of nitrogens with one attached hydrogen (secondary N) is 1. The van der Waals surface area contributed by atoms with Crippen LogP contribution in [0.15, 0.2) is 23.7 Å². The maximum atomic E-state index is 12.8. The van der Waals surface area contributed by atoms with Crippen LogP contribution in [0.3, 0.4) is 0 Å². The van der Waals surface area contributed by atoms with Gasteiger partial charge >= 0.3 is 12.1 Å². The van der Waals surface area contributed by atoms with Gasteiger partial charge in [-0.3, -0.25) is 9.69 Å². The predicted molar refractivity (Wildman–Crippen MR) is 107 cm³/mol. The maximum absolute atomic E-state index is 12.8. The fraction of sp³-hybridized carbons (Fsp3) is 0.389. The first-order chi connectivity index (χ1) is 14.2. The van der Waals surface area contributed by atoms with Crippen molar-refractivity contribution in [1.29, 1.82) is 0 Å². The van der Waals surface area contributed by atoms with E-state index >= 15 is 0 Å². The van der Waals surface area contributed by atoms with Crippen molar-refractivity contribution in [1.82, 2.24) is 9.88 Å². The Morgan fingerprint density at radius 3 is 2.60 bits per heavy atom. The van der Waals surface area contributed by atoms with E-state index in [1.165, 1.54) is 18.4 Å². The number of carbonyl (C=O) groups is 2. The quantitative estimate of drug-likeness (QED) is 0.687. The molecule has 30 heavy (non-hydrogen) atoms. The minimum Gasteiger partial charge on any atom is -0.465 e. The molecule has 12 heteroatoms. The first-order valence-electron chi connectivity index (χ1n) is 8.84. The minimum atomic E-state index is -4.50. The predicted octanol–water partition coefficient (Wildman–Crippen LogP) is 3.36. The molecular formula is C18H18ClF3N4O3S. The number of amides is 1. The fourth-order valence-electron chi connectivity index (χ4n) is 2.99. The average Bonchev–Trinajstić information content (AvgIpc) is 3.15. The fourth-order valence-corrected chi connectivity index (χ4v) is 4.04. The lowest BCUT2D eigenvalue weighted by Gasteiger charge is -2.35. The molecule has 1 fully saturated rings. The Bertz CT molecular complexity index is 930. The van der Waals surface area contributed by atoms with Crippen LogP contribution >= 0.6 is 22.9 Å². The number of aromatic nitrogens is 1. The molecule has 0 spiro atoms. The van der Waals surface area contributed by atoms with E-state index in [1.807, 2.05) is 4.90 Å². The average molecular weight is 463 g/mol. The van der Waals surface area contributed by atoms with Gasteiger partial charge in [0.05, 0.1) is 29.9 Å². The summed E-state index contributed by atoms with van der Waals surface area (Å²) < 4.78 is 43.0. The number of alkyl halides is 3. The van der Waals surface area contributed by atoms with Crippen LogP contribution in [-0.2, 0) is 15.7 Å². The lowest BCUT2D eigenvalue weighted by molar-refractivity contribution is -0.137. The molecule has 1 aliphatic rings. The molecule has 0 saturated carbocycles. The van der Waals surface area contributed by atoms with Crippen molar-refractivity contribution in [3.8, 4) is 0 Å². The first-order valence-corrected chi connectivity index (χ1v) is 10.1. The van der Waals surface area contributed by atoms with Gasteiger partial charge in [0.2, 0.25) is 5.91 Å². The van der Waals surface area contributed by atoms with E-state index in [2.05, 4.69) is 15.0 Å². The second kappa shape index (κ2) is 9.19. The summed E-state index contributed by atoms with van der Waals surface area (Å²) in [5.74, 6) is -0.512. The van der Waals surface area contributed by atoms with Gasteiger partial charge in [0.25, 0.3) is 0 Å². The number of esters is 1. The summed E-state index contributed by atoms with van der Waals surface area (Å²) in [6.45, 7) is 2.02. The van der Waals surface area contributed by atoms with Crippen LogP contribution in [0.4, 0.5) is 24.7 Å². The SMILES string of the molecule is COC(=O)c1sccc1NC(=O)CN1CCN(c2ncc(C(F)(F)F)cc2Cl)CC1. The highest BCUT2D eigenvalue weighted by Crippen LogP contribution is 2.33. The summed E-state index contributed by atoms with van der Waals surface area (Å²) in [5.41, 5.74) is -0.498. The molecule has 0 unspecified atom stereocenters. The number of methoxy groups -OCH3 is 1. The number of pyridine rings is 1. The van der Waals surface area contributed by atoms with Crippen LogP contribution in [0.2, 0.25) is 5.02 Å². The van der Waals surface area contributed by atoms with E-state index in [-0.39, 0.29) is 23.3 Å². The van der Waals surface area contributed by atoms with Gasteiger partial charge in [0, 0.05) is 32.4 Å². The van der Waals surface area contributed by atoms with Crippen LogP contribution in [0.1, 0.15) is 15.2 Å². The third-order valence-electron chi connectivity index (χ3n) is 4.50. The van der Waals surface area contributed by atoms with Gasteiger partial charge in [-0.2, -0.15) is 13.2 Å². The van der Waals surface area contributed by atoms with E-state index in [0.717, 1.165) is 12.3 Å². The number of halogens is 4. The Labute approximate surface area is 179 Å².